The van der Waals surface area contributed by atoms with Gasteiger partial charge in [0.2, 0.25) is 5.91 Å². The number of aromatic nitrogens is 3. The topological polar surface area (TPSA) is 95.2 Å². The fourth-order valence-electron chi connectivity index (χ4n) is 4.87. The summed E-state index contributed by atoms with van der Waals surface area (Å²) in [6.45, 7) is 6.27. The number of carbonyl (C=O) groups excluding carboxylic acids is 1. The lowest BCUT2D eigenvalue weighted by molar-refractivity contribution is -0.135. The normalized spacial score (nSPS) is 20.2. The van der Waals surface area contributed by atoms with Crippen molar-refractivity contribution >= 4 is 17.8 Å². The van der Waals surface area contributed by atoms with Crippen molar-refractivity contribution < 1.29 is 9.53 Å². The number of rotatable bonds is 8. The number of piperazine rings is 1. The van der Waals surface area contributed by atoms with E-state index in [-0.39, 0.29) is 11.9 Å². The highest BCUT2D eigenvalue weighted by Crippen LogP contribution is 2.45. The van der Waals surface area contributed by atoms with Crippen LogP contribution in [-0.4, -0.2) is 65.2 Å². The molecule has 2 saturated carbocycles. The quantitative estimate of drug-likeness (QED) is 0.598. The van der Waals surface area contributed by atoms with Gasteiger partial charge < -0.3 is 14.5 Å². The second-order valence-electron chi connectivity index (χ2n) is 9.39. The molecule has 1 aliphatic heterocycles. The Balaban J connectivity index is 1.47. The van der Waals surface area contributed by atoms with E-state index in [0.29, 0.717) is 50.1 Å². The third kappa shape index (κ3) is 4.53. The molecule has 1 amide bonds. The zero-order valence-corrected chi connectivity index (χ0v) is 19.6. The lowest BCUT2D eigenvalue weighted by atomic mass is 10.0. The van der Waals surface area contributed by atoms with Crippen LogP contribution in [0.3, 0.4) is 0 Å². The van der Waals surface area contributed by atoms with Crippen LogP contribution in [0.2, 0.25) is 0 Å². The van der Waals surface area contributed by atoms with Gasteiger partial charge in [0.15, 0.2) is 0 Å². The summed E-state index contributed by atoms with van der Waals surface area (Å²) < 4.78 is 5.12. The minimum Gasteiger partial charge on any atom is -0.384 e. The fraction of sp³-hybridized carbons (Fsp3) is 0.500. The summed E-state index contributed by atoms with van der Waals surface area (Å²) in [5.74, 6) is 1.81. The van der Waals surface area contributed by atoms with Crippen molar-refractivity contribution in [3.63, 3.8) is 0 Å². The SMILES string of the molecule is C=Cc1cc(-c2cc(C#N)c(N3CCN(C(=O)CCOC)C(C4CC4)C3)nc2C2CC2)ncn1. The zero-order valence-electron chi connectivity index (χ0n) is 19.6. The number of anilines is 1. The highest BCUT2D eigenvalue weighted by molar-refractivity contribution is 5.77. The zero-order chi connectivity index (χ0) is 23.7. The molecule has 8 heteroatoms. The van der Waals surface area contributed by atoms with Crippen LogP contribution in [0.5, 0.6) is 0 Å². The van der Waals surface area contributed by atoms with Gasteiger partial charge in [0.25, 0.3) is 0 Å². The van der Waals surface area contributed by atoms with Crippen molar-refractivity contribution in [1.29, 1.82) is 5.26 Å². The highest BCUT2D eigenvalue weighted by atomic mass is 16.5. The number of ether oxygens (including phenoxy) is 1. The summed E-state index contributed by atoms with van der Waals surface area (Å²) in [6, 6.07) is 6.37. The number of nitriles is 1. The Morgan fingerprint density at radius 1 is 1.26 bits per heavy atom. The van der Waals surface area contributed by atoms with Crippen LogP contribution in [0.15, 0.2) is 25.0 Å². The van der Waals surface area contributed by atoms with Crippen LogP contribution in [0.25, 0.3) is 17.3 Å². The molecule has 2 aromatic heterocycles. The van der Waals surface area contributed by atoms with E-state index >= 15 is 0 Å². The van der Waals surface area contributed by atoms with E-state index in [1.54, 1.807) is 13.2 Å². The number of hydrogen-bond donors (Lipinski definition) is 0. The van der Waals surface area contributed by atoms with Gasteiger partial charge in [0.05, 0.1) is 41.7 Å². The first kappa shape index (κ1) is 22.5. The van der Waals surface area contributed by atoms with E-state index in [1.807, 2.05) is 17.0 Å². The van der Waals surface area contributed by atoms with E-state index in [4.69, 9.17) is 9.72 Å². The van der Waals surface area contributed by atoms with E-state index in [2.05, 4.69) is 27.5 Å². The van der Waals surface area contributed by atoms with Gasteiger partial charge in [-0.1, -0.05) is 6.58 Å². The molecule has 8 nitrogen and oxygen atoms in total. The van der Waals surface area contributed by atoms with Crippen LogP contribution in [0.1, 0.15) is 55.0 Å². The fourth-order valence-corrected chi connectivity index (χ4v) is 4.87. The number of nitrogens with zero attached hydrogens (tertiary/aromatic N) is 6. The Morgan fingerprint density at radius 3 is 2.76 bits per heavy atom. The molecule has 2 aromatic rings. The lowest BCUT2D eigenvalue weighted by Crippen LogP contribution is -2.56. The molecule has 0 bridgehead atoms. The first-order valence-corrected chi connectivity index (χ1v) is 12.1. The van der Waals surface area contributed by atoms with E-state index in [1.165, 1.54) is 6.33 Å². The van der Waals surface area contributed by atoms with E-state index in [0.717, 1.165) is 54.1 Å². The minimum absolute atomic E-state index is 0.155. The number of pyridine rings is 1. The van der Waals surface area contributed by atoms with Gasteiger partial charge in [-0.15, -0.1) is 0 Å². The molecule has 1 saturated heterocycles. The molecule has 0 radical (unpaired) electrons. The molecule has 5 rings (SSSR count). The van der Waals surface area contributed by atoms with Crippen LogP contribution in [-0.2, 0) is 9.53 Å². The number of methoxy groups -OCH3 is 1. The number of carbonyl (C=O) groups is 1. The Hall–Kier alpha value is -3.31. The van der Waals surface area contributed by atoms with Crippen molar-refractivity contribution in [2.45, 2.75) is 44.1 Å². The number of hydrogen-bond acceptors (Lipinski definition) is 7. The molecule has 0 N–H and O–H groups in total. The third-order valence-electron chi connectivity index (χ3n) is 7.01. The molecule has 1 unspecified atom stereocenters. The van der Waals surface area contributed by atoms with Crippen LogP contribution < -0.4 is 4.90 Å². The average Bonchev–Trinajstić information content (AvgIpc) is 3.79. The van der Waals surface area contributed by atoms with Gasteiger partial charge in [-0.25, -0.2) is 15.0 Å². The van der Waals surface area contributed by atoms with Crippen LogP contribution in [0, 0.1) is 17.2 Å². The largest absolute Gasteiger partial charge is 0.384 e. The summed E-state index contributed by atoms with van der Waals surface area (Å²) in [5, 5.41) is 10.0. The molecule has 2 aliphatic carbocycles. The Labute approximate surface area is 200 Å². The monoisotopic (exact) mass is 458 g/mol. The summed E-state index contributed by atoms with van der Waals surface area (Å²) in [5.41, 5.74) is 3.97. The van der Waals surface area contributed by atoms with Crippen molar-refractivity contribution in [2.24, 2.45) is 5.92 Å². The molecule has 34 heavy (non-hydrogen) atoms. The molecule has 3 fully saturated rings. The second kappa shape index (κ2) is 9.51. The summed E-state index contributed by atoms with van der Waals surface area (Å²) in [6.07, 6.45) is 8.12. The van der Waals surface area contributed by atoms with Gasteiger partial charge in [-0.2, -0.15) is 5.26 Å². The van der Waals surface area contributed by atoms with Crippen LogP contribution >= 0.6 is 0 Å². The number of amides is 1. The Morgan fingerprint density at radius 2 is 2.09 bits per heavy atom. The van der Waals surface area contributed by atoms with Gasteiger partial charge in [-0.3, -0.25) is 4.79 Å². The maximum atomic E-state index is 12.8. The average molecular weight is 459 g/mol. The minimum atomic E-state index is 0.155. The smallest absolute Gasteiger partial charge is 0.225 e. The molecule has 0 aromatic carbocycles. The molecule has 1 atom stereocenters. The Kier molecular flexibility index (Phi) is 6.29. The van der Waals surface area contributed by atoms with Crippen LogP contribution in [0.4, 0.5) is 5.82 Å². The molecule has 3 heterocycles. The van der Waals surface area contributed by atoms with Gasteiger partial charge in [0, 0.05) is 38.2 Å². The lowest BCUT2D eigenvalue weighted by Gasteiger charge is -2.42. The molecule has 0 spiro atoms. The van der Waals surface area contributed by atoms with Crippen molar-refractivity contribution in [1.82, 2.24) is 19.9 Å². The summed E-state index contributed by atoms with van der Waals surface area (Å²) >= 11 is 0. The predicted molar refractivity (Wildman–Crippen MR) is 129 cm³/mol. The predicted octanol–water partition coefficient (Wildman–Crippen LogP) is 3.39. The Bertz CT molecular complexity index is 1130. The third-order valence-corrected chi connectivity index (χ3v) is 7.01. The van der Waals surface area contributed by atoms with Gasteiger partial charge in [-0.05, 0) is 49.8 Å². The maximum absolute atomic E-state index is 12.8. The van der Waals surface area contributed by atoms with E-state index in [9.17, 15) is 10.1 Å². The molecule has 176 valence electrons. The standard InChI is InChI=1S/C26H30N6O2/c1-3-20-13-22(29-16-28-20)21-12-19(14-27)26(30-25(21)18-6-7-18)31-9-10-32(24(33)8-11-34-2)23(15-31)17-4-5-17/h3,12-13,16-18,23H,1,4-11,15H2,2H3. The first-order chi connectivity index (χ1) is 16.6. The highest BCUT2D eigenvalue weighted by Gasteiger charge is 2.41. The summed E-state index contributed by atoms with van der Waals surface area (Å²) in [4.78, 5) is 30.8. The van der Waals surface area contributed by atoms with E-state index < -0.39 is 0 Å². The van der Waals surface area contributed by atoms with Crippen molar-refractivity contribution in [3.05, 3.63) is 42.0 Å². The second-order valence-corrected chi connectivity index (χ2v) is 9.39. The molecular weight excluding hydrogens is 428 g/mol. The van der Waals surface area contributed by atoms with Gasteiger partial charge >= 0.3 is 0 Å². The van der Waals surface area contributed by atoms with Crippen molar-refractivity contribution in [3.8, 4) is 17.3 Å². The maximum Gasteiger partial charge on any atom is 0.225 e. The van der Waals surface area contributed by atoms with Gasteiger partial charge in [0.1, 0.15) is 18.2 Å². The first-order valence-electron chi connectivity index (χ1n) is 12.1. The molecular formula is C26H30N6O2. The van der Waals surface area contributed by atoms with Crippen molar-refractivity contribution in [2.75, 3.05) is 38.3 Å². The summed E-state index contributed by atoms with van der Waals surface area (Å²) in [7, 11) is 1.62. The molecule has 3 aliphatic rings.